The number of aryl methyl sites for hydroxylation is 1. The molecule has 0 aliphatic rings. The van der Waals surface area contributed by atoms with Gasteiger partial charge in [0.05, 0.1) is 13.7 Å². The summed E-state index contributed by atoms with van der Waals surface area (Å²) in [4.78, 5) is 14.4. The van der Waals surface area contributed by atoms with Crippen molar-refractivity contribution in [2.24, 2.45) is 0 Å². The van der Waals surface area contributed by atoms with Crippen LogP contribution in [0.5, 0.6) is 5.75 Å². The molecule has 0 saturated heterocycles. The van der Waals surface area contributed by atoms with Crippen molar-refractivity contribution in [1.29, 1.82) is 0 Å². The number of para-hydroxylation sites is 1. The average molecular weight is 317 g/mol. The molecule has 1 amide bonds. The van der Waals surface area contributed by atoms with Gasteiger partial charge in [0.2, 0.25) is 0 Å². The molecule has 1 aromatic carbocycles. The van der Waals surface area contributed by atoms with Gasteiger partial charge in [-0.15, -0.1) is 0 Å². The molecule has 2 rings (SSSR count). The highest BCUT2D eigenvalue weighted by atomic mass is 16.5. The van der Waals surface area contributed by atoms with E-state index in [1.54, 1.807) is 12.0 Å². The molecule has 1 heterocycles. The number of H-pyrrole nitrogens is 1. The van der Waals surface area contributed by atoms with E-state index in [9.17, 15) is 9.90 Å². The van der Waals surface area contributed by atoms with Crippen molar-refractivity contribution in [2.45, 2.75) is 26.8 Å². The maximum Gasteiger partial charge on any atom is 0.275 e. The number of aliphatic hydroxyl groups excluding tert-OH is 1. The first-order valence-corrected chi connectivity index (χ1v) is 7.68. The number of nitrogens with one attached hydrogen (secondary N) is 1. The van der Waals surface area contributed by atoms with E-state index in [1.165, 1.54) is 0 Å². The molecule has 0 bridgehead atoms. The van der Waals surface area contributed by atoms with Gasteiger partial charge in [-0.25, -0.2) is 0 Å². The molecule has 124 valence electrons. The molecule has 0 aliphatic carbocycles. The van der Waals surface area contributed by atoms with Gasteiger partial charge >= 0.3 is 0 Å². The van der Waals surface area contributed by atoms with E-state index in [1.807, 2.05) is 38.1 Å². The van der Waals surface area contributed by atoms with Gasteiger partial charge in [-0.3, -0.25) is 9.89 Å². The van der Waals surface area contributed by atoms with Gasteiger partial charge in [0.15, 0.2) is 5.69 Å². The van der Waals surface area contributed by atoms with Crippen LogP contribution in [-0.4, -0.2) is 46.4 Å². The first kappa shape index (κ1) is 17.0. The van der Waals surface area contributed by atoms with Crippen LogP contribution in [-0.2, 0) is 13.0 Å². The zero-order valence-corrected chi connectivity index (χ0v) is 13.8. The number of methoxy groups -OCH3 is 1. The summed E-state index contributed by atoms with van der Waals surface area (Å²) < 4.78 is 5.33. The van der Waals surface area contributed by atoms with Crippen LogP contribution in [0.2, 0.25) is 0 Å². The van der Waals surface area contributed by atoms with E-state index in [0.29, 0.717) is 12.2 Å². The zero-order valence-electron chi connectivity index (χ0n) is 13.8. The van der Waals surface area contributed by atoms with Crippen LogP contribution in [0.15, 0.2) is 24.3 Å². The number of aromatic nitrogens is 2. The lowest BCUT2D eigenvalue weighted by Gasteiger charge is -2.22. The molecule has 2 N–H and O–H groups in total. The fraction of sp³-hybridized carbons (Fsp3) is 0.412. The summed E-state index contributed by atoms with van der Waals surface area (Å²) >= 11 is 0. The number of nitrogens with zero attached hydrogens (tertiary/aromatic N) is 2. The summed E-state index contributed by atoms with van der Waals surface area (Å²) in [6.45, 7) is 4.39. The van der Waals surface area contributed by atoms with Gasteiger partial charge in [0.1, 0.15) is 5.75 Å². The highest BCUT2D eigenvalue weighted by Gasteiger charge is 2.22. The summed E-state index contributed by atoms with van der Waals surface area (Å²) in [5.41, 5.74) is 3.11. The predicted molar refractivity (Wildman–Crippen MR) is 87.5 cm³/mol. The number of carbonyl (C=O) groups is 1. The number of hydrogen-bond donors (Lipinski definition) is 2. The number of ether oxygens (including phenoxy) is 1. The van der Waals surface area contributed by atoms with Gasteiger partial charge in [0, 0.05) is 29.9 Å². The summed E-state index contributed by atoms with van der Waals surface area (Å²) in [6.07, 6.45) is 0.790. The largest absolute Gasteiger partial charge is 0.496 e. The minimum absolute atomic E-state index is 0.106. The fourth-order valence-electron chi connectivity index (χ4n) is 2.55. The van der Waals surface area contributed by atoms with Crippen LogP contribution in [0.4, 0.5) is 0 Å². The van der Waals surface area contributed by atoms with E-state index in [-0.39, 0.29) is 19.1 Å². The Morgan fingerprint density at radius 1 is 1.39 bits per heavy atom. The van der Waals surface area contributed by atoms with E-state index in [4.69, 9.17) is 4.74 Å². The Balaban J connectivity index is 2.26. The first-order chi connectivity index (χ1) is 11.1. The molecule has 6 nitrogen and oxygen atoms in total. The van der Waals surface area contributed by atoms with Crippen molar-refractivity contribution in [1.82, 2.24) is 15.1 Å². The van der Waals surface area contributed by atoms with E-state index in [0.717, 1.165) is 29.0 Å². The Morgan fingerprint density at radius 3 is 2.74 bits per heavy atom. The van der Waals surface area contributed by atoms with Gasteiger partial charge in [-0.05, 0) is 19.4 Å². The molecule has 2 aromatic rings. The van der Waals surface area contributed by atoms with E-state index >= 15 is 0 Å². The van der Waals surface area contributed by atoms with Crippen LogP contribution in [0.1, 0.15) is 34.2 Å². The van der Waals surface area contributed by atoms with E-state index < -0.39 is 0 Å². The molecule has 0 radical (unpaired) electrons. The molecule has 0 aliphatic heterocycles. The van der Waals surface area contributed by atoms with E-state index in [2.05, 4.69) is 10.2 Å². The third-order valence-electron chi connectivity index (χ3n) is 3.88. The zero-order chi connectivity index (χ0) is 16.8. The molecule has 0 saturated carbocycles. The molecular weight excluding hydrogens is 294 g/mol. The highest BCUT2D eigenvalue weighted by molar-refractivity contribution is 5.94. The molecule has 0 atom stereocenters. The lowest BCUT2D eigenvalue weighted by Crippen LogP contribution is -2.34. The van der Waals surface area contributed by atoms with Gasteiger partial charge in [-0.2, -0.15) is 5.10 Å². The van der Waals surface area contributed by atoms with Gasteiger partial charge in [-0.1, -0.05) is 25.1 Å². The number of amides is 1. The quantitative estimate of drug-likeness (QED) is 0.818. The summed E-state index contributed by atoms with van der Waals surface area (Å²) in [5.74, 6) is 0.523. The van der Waals surface area contributed by atoms with Gasteiger partial charge in [0.25, 0.3) is 5.91 Å². The number of hydrogen-bond acceptors (Lipinski definition) is 4. The number of rotatable bonds is 7. The topological polar surface area (TPSA) is 78.5 Å². The van der Waals surface area contributed by atoms with Crippen molar-refractivity contribution in [2.75, 3.05) is 20.3 Å². The number of aromatic amines is 1. The Bertz CT molecular complexity index is 667. The maximum absolute atomic E-state index is 12.8. The second kappa shape index (κ2) is 7.78. The monoisotopic (exact) mass is 317 g/mol. The molecular formula is C17H23N3O3. The van der Waals surface area contributed by atoms with Crippen LogP contribution in [0.3, 0.4) is 0 Å². The maximum atomic E-state index is 12.8. The van der Waals surface area contributed by atoms with Crippen molar-refractivity contribution in [3.63, 3.8) is 0 Å². The SMILES string of the molecule is CCc1[nH]nc(C(=O)N(CCO)Cc2ccccc2OC)c1C. The summed E-state index contributed by atoms with van der Waals surface area (Å²) in [5, 5.41) is 16.4. The summed E-state index contributed by atoms with van der Waals surface area (Å²) in [7, 11) is 1.60. The van der Waals surface area contributed by atoms with Crippen LogP contribution in [0, 0.1) is 6.92 Å². The minimum atomic E-state index is -0.196. The molecule has 0 spiro atoms. The normalized spacial score (nSPS) is 10.6. The van der Waals surface area contributed by atoms with Crippen LogP contribution in [0.25, 0.3) is 0 Å². The number of aliphatic hydroxyl groups is 1. The Hall–Kier alpha value is -2.34. The second-order valence-corrected chi connectivity index (χ2v) is 5.29. The molecule has 23 heavy (non-hydrogen) atoms. The van der Waals surface area contributed by atoms with Gasteiger partial charge < -0.3 is 14.7 Å². The Labute approximate surface area is 136 Å². The number of carbonyl (C=O) groups excluding carboxylic acids is 1. The average Bonchev–Trinajstić information content (AvgIpc) is 2.95. The van der Waals surface area contributed by atoms with Crippen LogP contribution >= 0.6 is 0 Å². The first-order valence-electron chi connectivity index (χ1n) is 7.68. The van der Waals surface area contributed by atoms with Crippen molar-refractivity contribution in [3.8, 4) is 5.75 Å². The Morgan fingerprint density at radius 2 is 2.13 bits per heavy atom. The van der Waals surface area contributed by atoms with Crippen molar-refractivity contribution in [3.05, 3.63) is 46.8 Å². The lowest BCUT2D eigenvalue weighted by atomic mass is 10.1. The summed E-state index contributed by atoms with van der Waals surface area (Å²) in [6, 6.07) is 7.54. The van der Waals surface area contributed by atoms with Crippen molar-refractivity contribution < 1.29 is 14.6 Å². The Kier molecular flexibility index (Phi) is 5.76. The predicted octanol–water partition coefficient (Wildman–Crippen LogP) is 1.92. The highest BCUT2D eigenvalue weighted by Crippen LogP contribution is 2.21. The fourth-order valence-corrected chi connectivity index (χ4v) is 2.55. The molecule has 1 aromatic heterocycles. The third-order valence-corrected chi connectivity index (χ3v) is 3.88. The smallest absolute Gasteiger partial charge is 0.275 e. The lowest BCUT2D eigenvalue weighted by molar-refractivity contribution is 0.0700. The molecule has 6 heteroatoms. The van der Waals surface area contributed by atoms with Crippen molar-refractivity contribution >= 4 is 5.91 Å². The number of benzene rings is 1. The minimum Gasteiger partial charge on any atom is -0.496 e. The molecule has 0 fully saturated rings. The van der Waals surface area contributed by atoms with Crippen LogP contribution < -0.4 is 4.74 Å². The second-order valence-electron chi connectivity index (χ2n) is 5.29. The molecule has 0 unspecified atom stereocenters. The standard InChI is InChI=1S/C17H23N3O3/c1-4-14-12(2)16(19-18-14)17(22)20(9-10-21)11-13-7-5-6-8-15(13)23-3/h5-8,21H,4,9-11H2,1-3H3,(H,18,19). The third kappa shape index (κ3) is 3.71.